The van der Waals surface area contributed by atoms with Gasteiger partial charge in [0.25, 0.3) is 0 Å². The van der Waals surface area contributed by atoms with Gasteiger partial charge in [-0.3, -0.25) is 4.79 Å². The topological polar surface area (TPSA) is 94.2 Å². The second-order valence-corrected chi connectivity index (χ2v) is 7.35. The van der Waals surface area contributed by atoms with Crippen molar-refractivity contribution < 1.29 is 28.6 Å². The van der Waals surface area contributed by atoms with Crippen LogP contribution in [0.1, 0.15) is 24.4 Å². The number of hydrogen-bond acceptors (Lipinski definition) is 7. The first-order valence-electron chi connectivity index (χ1n) is 8.93. The number of esters is 2. The summed E-state index contributed by atoms with van der Waals surface area (Å²) in [7, 11) is 4.13. The normalized spacial score (nSPS) is 17.4. The largest absolute Gasteiger partial charge is 0.497 e. The molecule has 8 nitrogen and oxygen atoms in total. The number of urea groups is 1. The van der Waals surface area contributed by atoms with Crippen LogP contribution in [0.2, 0.25) is 0 Å². The van der Waals surface area contributed by atoms with Gasteiger partial charge in [-0.15, -0.1) is 0 Å². The van der Waals surface area contributed by atoms with Crippen molar-refractivity contribution in [3.63, 3.8) is 0 Å². The second kappa shape index (κ2) is 10.8. The van der Waals surface area contributed by atoms with Crippen LogP contribution >= 0.6 is 11.8 Å². The van der Waals surface area contributed by atoms with E-state index in [9.17, 15) is 14.4 Å². The number of methoxy groups -OCH3 is 3. The smallest absolute Gasteiger partial charge is 0.328 e. The Morgan fingerprint density at radius 2 is 1.89 bits per heavy atom. The number of nitrogens with one attached hydrogen (secondary N) is 1. The summed E-state index contributed by atoms with van der Waals surface area (Å²) in [5.74, 6) is 1.27. The van der Waals surface area contributed by atoms with Gasteiger partial charge >= 0.3 is 18.0 Å². The molecule has 0 aliphatic carbocycles. The van der Waals surface area contributed by atoms with E-state index in [0.717, 1.165) is 22.8 Å². The Balaban J connectivity index is 2.10. The minimum Gasteiger partial charge on any atom is -0.497 e. The summed E-state index contributed by atoms with van der Waals surface area (Å²) < 4.78 is 14.6. The Hall–Kier alpha value is -2.42. The molecule has 2 amide bonds. The van der Waals surface area contributed by atoms with Gasteiger partial charge in [0.15, 0.2) is 0 Å². The van der Waals surface area contributed by atoms with Gasteiger partial charge in [-0.25, -0.2) is 9.59 Å². The Morgan fingerprint density at radius 3 is 2.50 bits per heavy atom. The number of ether oxygens (including phenoxy) is 3. The number of benzene rings is 1. The van der Waals surface area contributed by atoms with Gasteiger partial charge < -0.3 is 24.4 Å². The summed E-state index contributed by atoms with van der Waals surface area (Å²) in [6.45, 7) is 0.554. The van der Waals surface area contributed by atoms with Crippen LogP contribution in [0.25, 0.3) is 0 Å². The lowest BCUT2D eigenvalue weighted by Crippen LogP contribution is -2.51. The number of carbonyl (C=O) groups excluding carboxylic acids is 3. The average molecular weight is 410 g/mol. The van der Waals surface area contributed by atoms with E-state index in [1.807, 2.05) is 24.3 Å². The number of carbonyl (C=O) groups is 3. The van der Waals surface area contributed by atoms with E-state index in [-0.39, 0.29) is 24.9 Å². The van der Waals surface area contributed by atoms with Gasteiger partial charge in [0.1, 0.15) is 11.8 Å². The highest BCUT2D eigenvalue weighted by molar-refractivity contribution is 7.99. The van der Waals surface area contributed by atoms with Crippen LogP contribution in [0.3, 0.4) is 0 Å². The first kappa shape index (κ1) is 21.9. The molecule has 1 heterocycles. The summed E-state index contributed by atoms with van der Waals surface area (Å²) in [6, 6.07) is 6.19. The molecule has 1 N–H and O–H groups in total. The highest BCUT2D eigenvalue weighted by atomic mass is 32.2. The lowest BCUT2D eigenvalue weighted by atomic mass is 10.1. The van der Waals surface area contributed by atoms with Crippen LogP contribution in [0.15, 0.2) is 24.3 Å². The molecule has 28 heavy (non-hydrogen) atoms. The Labute approximate surface area is 168 Å². The second-order valence-electron chi connectivity index (χ2n) is 6.20. The van der Waals surface area contributed by atoms with Crippen LogP contribution in [-0.2, 0) is 19.1 Å². The van der Waals surface area contributed by atoms with Gasteiger partial charge in [0.2, 0.25) is 0 Å². The Bertz CT molecular complexity index is 682. The monoisotopic (exact) mass is 410 g/mol. The molecular weight excluding hydrogens is 384 g/mol. The predicted octanol–water partition coefficient (Wildman–Crippen LogP) is 1.99. The molecule has 154 valence electrons. The van der Waals surface area contributed by atoms with Crippen molar-refractivity contribution in [2.45, 2.75) is 24.9 Å². The number of hydrogen-bond donors (Lipinski definition) is 1. The summed E-state index contributed by atoms with van der Waals surface area (Å²) >= 11 is 1.77. The summed E-state index contributed by atoms with van der Waals surface area (Å²) in [5, 5.41) is 2.71. The molecule has 0 saturated carbocycles. The standard InChI is InChI=1S/C19H26N2O6S/c1-25-14-6-4-13(5-7-14)16-12-28-11-10-21(16)19(24)20-15(18(23)27-3)8-9-17(22)26-2/h4-7,15-16H,8-12H2,1-3H3,(H,20,24)/t15-,16+/m1/s1. The van der Waals surface area contributed by atoms with E-state index < -0.39 is 18.0 Å². The minimum atomic E-state index is -0.914. The number of rotatable bonds is 7. The Morgan fingerprint density at radius 1 is 1.18 bits per heavy atom. The maximum absolute atomic E-state index is 12.9. The highest BCUT2D eigenvalue weighted by Crippen LogP contribution is 2.30. The van der Waals surface area contributed by atoms with Gasteiger partial charge in [-0.1, -0.05) is 12.1 Å². The zero-order chi connectivity index (χ0) is 20.5. The molecule has 2 atom stereocenters. The summed E-state index contributed by atoms with van der Waals surface area (Å²) in [5.41, 5.74) is 0.993. The van der Waals surface area contributed by atoms with Crippen molar-refractivity contribution in [3.8, 4) is 5.75 Å². The van der Waals surface area contributed by atoms with Gasteiger partial charge in [-0.05, 0) is 24.1 Å². The van der Waals surface area contributed by atoms with Crippen molar-refractivity contribution in [3.05, 3.63) is 29.8 Å². The van der Waals surface area contributed by atoms with E-state index in [4.69, 9.17) is 9.47 Å². The molecule has 9 heteroatoms. The van der Waals surface area contributed by atoms with Crippen LogP contribution in [0.5, 0.6) is 5.75 Å². The van der Waals surface area contributed by atoms with Crippen LogP contribution in [0.4, 0.5) is 4.79 Å². The van der Waals surface area contributed by atoms with Gasteiger partial charge in [0.05, 0.1) is 27.4 Å². The van der Waals surface area contributed by atoms with E-state index in [1.165, 1.54) is 14.2 Å². The SMILES string of the molecule is COC(=O)CC[C@@H](NC(=O)N1CCSC[C@H]1c1ccc(OC)cc1)C(=O)OC. The first-order valence-corrected chi connectivity index (χ1v) is 10.1. The van der Waals surface area contributed by atoms with Crippen molar-refractivity contribution in [2.75, 3.05) is 39.4 Å². The maximum atomic E-state index is 12.9. The van der Waals surface area contributed by atoms with Gasteiger partial charge in [-0.2, -0.15) is 11.8 Å². The molecular formula is C19H26N2O6S. The van der Waals surface area contributed by atoms with E-state index >= 15 is 0 Å². The zero-order valence-corrected chi connectivity index (χ0v) is 17.1. The maximum Gasteiger partial charge on any atom is 0.328 e. The predicted molar refractivity (Wildman–Crippen MR) is 105 cm³/mol. The molecule has 1 saturated heterocycles. The Kier molecular flexibility index (Phi) is 8.43. The molecule has 2 rings (SSSR count). The molecule has 0 radical (unpaired) electrons. The first-order chi connectivity index (χ1) is 13.5. The molecule has 0 aromatic heterocycles. The molecule has 1 aromatic carbocycles. The fraction of sp³-hybridized carbons (Fsp3) is 0.526. The minimum absolute atomic E-state index is 0.00824. The van der Waals surface area contributed by atoms with Crippen LogP contribution in [-0.4, -0.2) is 68.3 Å². The fourth-order valence-electron chi connectivity index (χ4n) is 2.94. The van der Waals surface area contributed by atoms with Gasteiger partial charge in [0, 0.05) is 24.5 Å². The lowest BCUT2D eigenvalue weighted by molar-refractivity contribution is -0.144. The van der Waals surface area contributed by atoms with E-state index in [0.29, 0.717) is 6.54 Å². The molecule has 0 spiro atoms. The third kappa shape index (κ3) is 5.79. The fourth-order valence-corrected chi connectivity index (χ4v) is 4.02. The third-order valence-electron chi connectivity index (χ3n) is 4.54. The average Bonchev–Trinajstić information content (AvgIpc) is 2.75. The van der Waals surface area contributed by atoms with Crippen LogP contribution < -0.4 is 10.1 Å². The molecule has 1 aromatic rings. The van der Waals surface area contributed by atoms with Crippen LogP contribution in [0, 0.1) is 0 Å². The number of nitrogens with zero attached hydrogens (tertiary/aromatic N) is 1. The molecule has 1 fully saturated rings. The molecule has 1 aliphatic rings. The third-order valence-corrected chi connectivity index (χ3v) is 5.56. The summed E-state index contributed by atoms with van der Waals surface area (Å²) in [6.07, 6.45) is 0.120. The van der Waals surface area contributed by atoms with Crippen molar-refractivity contribution >= 4 is 29.7 Å². The van der Waals surface area contributed by atoms with E-state index in [2.05, 4.69) is 10.1 Å². The summed E-state index contributed by atoms with van der Waals surface area (Å²) in [4.78, 5) is 38.0. The number of thioether (sulfide) groups is 1. The van der Waals surface area contributed by atoms with Crippen molar-refractivity contribution in [1.82, 2.24) is 10.2 Å². The highest BCUT2D eigenvalue weighted by Gasteiger charge is 2.31. The van der Waals surface area contributed by atoms with Crippen molar-refractivity contribution in [1.29, 1.82) is 0 Å². The molecule has 1 aliphatic heterocycles. The quantitative estimate of drug-likeness (QED) is 0.687. The molecule has 0 bridgehead atoms. The van der Waals surface area contributed by atoms with E-state index in [1.54, 1.807) is 23.8 Å². The number of amides is 2. The van der Waals surface area contributed by atoms with Crippen molar-refractivity contribution in [2.24, 2.45) is 0 Å². The zero-order valence-electron chi connectivity index (χ0n) is 16.3. The lowest BCUT2D eigenvalue weighted by Gasteiger charge is -2.36. The molecule has 0 unspecified atom stereocenters.